The Bertz CT molecular complexity index is 715. The number of nitrogens with zero attached hydrogens (tertiary/aromatic N) is 2. The Balaban J connectivity index is 1.79. The molecule has 0 radical (unpaired) electrons. The molecule has 3 aromatic rings. The minimum Gasteiger partial charge on any atom is -0.478 e. The predicted octanol–water partition coefficient (Wildman–Crippen LogP) is 3.22. The van der Waals surface area contributed by atoms with Crippen LogP contribution in [0, 0.1) is 0 Å². The molecule has 100 valence electrons. The summed E-state index contributed by atoms with van der Waals surface area (Å²) in [7, 11) is 0. The van der Waals surface area contributed by atoms with Crippen molar-refractivity contribution in [1.82, 2.24) is 9.78 Å². The summed E-state index contributed by atoms with van der Waals surface area (Å²) < 4.78 is 1.57. The molecule has 0 bridgehead atoms. The summed E-state index contributed by atoms with van der Waals surface area (Å²) in [6.45, 7) is 0. The van der Waals surface area contributed by atoms with Crippen molar-refractivity contribution in [2.45, 2.75) is 6.42 Å². The third-order valence-electron chi connectivity index (χ3n) is 2.99. The lowest BCUT2D eigenvalue weighted by Gasteiger charge is -2.03. The second-order valence-corrected chi connectivity index (χ2v) is 5.43. The van der Waals surface area contributed by atoms with Crippen LogP contribution < -0.4 is 0 Å². The summed E-state index contributed by atoms with van der Waals surface area (Å²) in [5.74, 6) is -0.967. The molecule has 0 fully saturated rings. The van der Waals surface area contributed by atoms with E-state index < -0.39 is 5.97 Å². The molecule has 0 aliphatic heterocycles. The standard InChI is InChI=1S/C15H12N2O2S/c18-15(19)12-9-16-17(10-12)13-5-3-11(4-6-13)8-14-2-1-7-20-14/h1-7,9-10H,8H2,(H,18,19). The molecule has 1 N–H and O–H groups in total. The highest BCUT2D eigenvalue weighted by Gasteiger charge is 2.07. The molecule has 3 rings (SSSR count). The third-order valence-corrected chi connectivity index (χ3v) is 3.87. The van der Waals surface area contributed by atoms with Gasteiger partial charge >= 0.3 is 5.97 Å². The van der Waals surface area contributed by atoms with Crippen molar-refractivity contribution < 1.29 is 9.90 Å². The van der Waals surface area contributed by atoms with Crippen molar-refractivity contribution in [1.29, 1.82) is 0 Å². The quantitative estimate of drug-likeness (QED) is 0.800. The van der Waals surface area contributed by atoms with Gasteiger partial charge in [0.15, 0.2) is 0 Å². The molecule has 0 unspecified atom stereocenters. The van der Waals surface area contributed by atoms with E-state index in [4.69, 9.17) is 5.11 Å². The van der Waals surface area contributed by atoms with Crippen LogP contribution in [0.5, 0.6) is 0 Å². The molecule has 5 heteroatoms. The summed E-state index contributed by atoms with van der Waals surface area (Å²) >= 11 is 1.74. The lowest BCUT2D eigenvalue weighted by atomic mass is 10.1. The Morgan fingerprint density at radius 3 is 2.65 bits per heavy atom. The van der Waals surface area contributed by atoms with Crippen molar-refractivity contribution in [3.8, 4) is 5.69 Å². The highest BCUT2D eigenvalue weighted by atomic mass is 32.1. The number of hydrogen-bond donors (Lipinski definition) is 1. The predicted molar refractivity (Wildman–Crippen MR) is 77.6 cm³/mol. The molecule has 2 aromatic heterocycles. The van der Waals surface area contributed by atoms with Crippen LogP contribution >= 0.6 is 11.3 Å². The van der Waals surface area contributed by atoms with E-state index in [2.05, 4.69) is 16.5 Å². The fourth-order valence-electron chi connectivity index (χ4n) is 1.96. The van der Waals surface area contributed by atoms with Crippen LogP contribution in [0.4, 0.5) is 0 Å². The van der Waals surface area contributed by atoms with Crippen molar-refractivity contribution in [2.24, 2.45) is 0 Å². The monoisotopic (exact) mass is 284 g/mol. The molecule has 0 spiro atoms. The maximum absolute atomic E-state index is 10.8. The zero-order valence-corrected chi connectivity index (χ0v) is 11.4. The van der Waals surface area contributed by atoms with Gasteiger partial charge in [-0.25, -0.2) is 9.48 Å². The van der Waals surface area contributed by atoms with Gasteiger partial charge in [0.2, 0.25) is 0 Å². The van der Waals surface area contributed by atoms with Gasteiger partial charge in [-0.1, -0.05) is 18.2 Å². The number of thiophene rings is 1. The SMILES string of the molecule is O=C(O)c1cnn(-c2ccc(Cc3cccs3)cc2)c1. The second kappa shape index (κ2) is 5.30. The average Bonchev–Trinajstić information content (AvgIpc) is 3.10. The number of rotatable bonds is 4. The van der Waals surface area contributed by atoms with Crippen LogP contribution in [0.2, 0.25) is 0 Å². The lowest BCUT2D eigenvalue weighted by Crippen LogP contribution is -1.96. The van der Waals surface area contributed by atoms with E-state index in [1.165, 1.54) is 22.8 Å². The molecular formula is C15H12N2O2S. The van der Waals surface area contributed by atoms with Crippen molar-refractivity contribution in [3.63, 3.8) is 0 Å². The van der Waals surface area contributed by atoms with Gasteiger partial charge < -0.3 is 5.11 Å². The first-order chi connectivity index (χ1) is 9.72. The molecule has 4 nitrogen and oxygen atoms in total. The minimum atomic E-state index is -0.967. The Morgan fingerprint density at radius 2 is 2.05 bits per heavy atom. The van der Waals surface area contributed by atoms with E-state index in [1.807, 2.05) is 30.3 Å². The normalized spacial score (nSPS) is 10.6. The van der Waals surface area contributed by atoms with Gasteiger partial charge in [0.1, 0.15) is 0 Å². The number of aromatic nitrogens is 2. The van der Waals surface area contributed by atoms with Crippen LogP contribution in [-0.4, -0.2) is 20.9 Å². The van der Waals surface area contributed by atoms with Gasteiger partial charge in [0.05, 0.1) is 17.4 Å². The van der Waals surface area contributed by atoms with Crippen LogP contribution in [0.1, 0.15) is 20.8 Å². The maximum Gasteiger partial charge on any atom is 0.338 e. The van der Waals surface area contributed by atoms with Gasteiger partial charge in [-0.2, -0.15) is 5.10 Å². The summed E-state index contributed by atoms with van der Waals surface area (Å²) in [5.41, 5.74) is 2.27. The van der Waals surface area contributed by atoms with E-state index in [0.717, 1.165) is 12.1 Å². The summed E-state index contributed by atoms with van der Waals surface area (Å²) in [6.07, 6.45) is 3.77. The van der Waals surface area contributed by atoms with Gasteiger partial charge in [0.25, 0.3) is 0 Å². The van der Waals surface area contributed by atoms with Crippen LogP contribution in [0.15, 0.2) is 54.2 Å². The van der Waals surface area contributed by atoms with Crippen LogP contribution in [-0.2, 0) is 6.42 Å². The van der Waals surface area contributed by atoms with Crippen molar-refractivity contribution in [2.75, 3.05) is 0 Å². The molecule has 2 heterocycles. The molecule has 1 aromatic carbocycles. The molecule has 0 atom stereocenters. The molecule has 0 amide bonds. The fourth-order valence-corrected chi connectivity index (χ4v) is 2.69. The van der Waals surface area contributed by atoms with E-state index in [1.54, 1.807) is 16.0 Å². The highest BCUT2D eigenvalue weighted by molar-refractivity contribution is 7.09. The molecule has 0 saturated heterocycles. The average molecular weight is 284 g/mol. The topological polar surface area (TPSA) is 55.1 Å². The van der Waals surface area contributed by atoms with Crippen molar-refractivity contribution in [3.05, 3.63) is 70.2 Å². The molecule has 20 heavy (non-hydrogen) atoms. The Hall–Kier alpha value is -2.40. The number of benzene rings is 1. The summed E-state index contributed by atoms with van der Waals surface area (Å²) in [5, 5.41) is 15.0. The zero-order chi connectivity index (χ0) is 13.9. The van der Waals surface area contributed by atoms with E-state index in [0.29, 0.717) is 0 Å². The number of carbonyl (C=O) groups is 1. The van der Waals surface area contributed by atoms with Crippen molar-refractivity contribution >= 4 is 17.3 Å². The summed E-state index contributed by atoms with van der Waals surface area (Å²) in [6, 6.07) is 12.1. The van der Waals surface area contributed by atoms with E-state index >= 15 is 0 Å². The third kappa shape index (κ3) is 2.62. The van der Waals surface area contributed by atoms with Gasteiger partial charge in [0, 0.05) is 17.5 Å². The Labute approximate surface area is 119 Å². The first-order valence-corrected chi connectivity index (χ1v) is 7.00. The number of aromatic carboxylic acids is 1. The molecule has 0 saturated carbocycles. The molecule has 0 aliphatic rings. The first-order valence-electron chi connectivity index (χ1n) is 6.12. The number of carboxylic acids is 1. The number of carboxylic acid groups (broad SMARTS) is 1. The largest absolute Gasteiger partial charge is 0.478 e. The molecule has 0 aliphatic carbocycles. The Kier molecular flexibility index (Phi) is 3.35. The minimum absolute atomic E-state index is 0.188. The van der Waals surface area contributed by atoms with E-state index in [9.17, 15) is 4.79 Å². The fraction of sp³-hybridized carbons (Fsp3) is 0.0667. The van der Waals surface area contributed by atoms with Crippen LogP contribution in [0.3, 0.4) is 0 Å². The second-order valence-electron chi connectivity index (χ2n) is 4.40. The van der Waals surface area contributed by atoms with Gasteiger partial charge in [-0.05, 0) is 29.1 Å². The summed E-state index contributed by atoms with van der Waals surface area (Å²) in [4.78, 5) is 12.1. The first kappa shape index (κ1) is 12.6. The van der Waals surface area contributed by atoms with E-state index in [-0.39, 0.29) is 5.56 Å². The molecular weight excluding hydrogens is 272 g/mol. The number of hydrogen-bond acceptors (Lipinski definition) is 3. The van der Waals surface area contributed by atoms with Gasteiger partial charge in [-0.3, -0.25) is 0 Å². The smallest absolute Gasteiger partial charge is 0.338 e. The lowest BCUT2D eigenvalue weighted by molar-refractivity contribution is 0.0697. The highest BCUT2D eigenvalue weighted by Crippen LogP contribution is 2.16. The maximum atomic E-state index is 10.8. The Morgan fingerprint density at radius 1 is 1.25 bits per heavy atom. The zero-order valence-electron chi connectivity index (χ0n) is 10.6. The van der Waals surface area contributed by atoms with Crippen LogP contribution in [0.25, 0.3) is 5.69 Å². The van der Waals surface area contributed by atoms with Gasteiger partial charge in [-0.15, -0.1) is 11.3 Å².